The maximum absolute atomic E-state index is 5.78. The van der Waals surface area contributed by atoms with E-state index >= 15 is 0 Å². The first-order chi connectivity index (χ1) is 8.24. The van der Waals surface area contributed by atoms with Gasteiger partial charge in [0, 0.05) is 11.4 Å². The standard InChI is InChI=1S/C12H22N4S/c1-3-4-5-6-7-14-12(13)15-8-11-10(2)16-9-17-11/h9H,3-8H2,1-2H3,(H3,13,14,15). The van der Waals surface area contributed by atoms with Crippen LogP contribution in [0.4, 0.5) is 0 Å². The van der Waals surface area contributed by atoms with Crippen LogP contribution in [0.15, 0.2) is 10.5 Å². The van der Waals surface area contributed by atoms with Crippen molar-refractivity contribution in [2.24, 2.45) is 10.7 Å². The number of nitrogens with one attached hydrogen (secondary N) is 1. The van der Waals surface area contributed by atoms with Crippen LogP contribution < -0.4 is 11.1 Å². The molecule has 0 radical (unpaired) electrons. The van der Waals surface area contributed by atoms with Crippen molar-refractivity contribution >= 4 is 17.3 Å². The number of thiazole rings is 1. The summed E-state index contributed by atoms with van der Waals surface area (Å²) in [6, 6.07) is 0. The van der Waals surface area contributed by atoms with Gasteiger partial charge in [0.2, 0.25) is 0 Å². The van der Waals surface area contributed by atoms with Crippen LogP contribution in [-0.4, -0.2) is 17.5 Å². The molecule has 1 aromatic rings. The minimum absolute atomic E-state index is 0.536. The van der Waals surface area contributed by atoms with Crippen molar-refractivity contribution in [3.05, 3.63) is 16.1 Å². The smallest absolute Gasteiger partial charge is 0.188 e. The lowest BCUT2D eigenvalue weighted by molar-refractivity contribution is 0.652. The van der Waals surface area contributed by atoms with Crippen LogP contribution in [0.5, 0.6) is 0 Å². The minimum atomic E-state index is 0.536. The highest BCUT2D eigenvalue weighted by Crippen LogP contribution is 2.12. The highest BCUT2D eigenvalue weighted by Gasteiger charge is 1.99. The monoisotopic (exact) mass is 254 g/mol. The first-order valence-corrected chi connectivity index (χ1v) is 7.04. The van der Waals surface area contributed by atoms with Gasteiger partial charge >= 0.3 is 0 Å². The lowest BCUT2D eigenvalue weighted by Gasteiger charge is -2.04. The molecule has 0 amide bonds. The topological polar surface area (TPSA) is 63.3 Å². The van der Waals surface area contributed by atoms with Crippen molar-refractivity contribution in [3.63, 3.8) is 0 Å². The van der Waals surface area contributed by atoms with Crippen LogP contribution in [0, 0.1) is 6.92 Å². The summed E-state index contributed by atoms with van der Waals surface area (Å²) in [7, 11) is 0. The molecular weight excluding hydrogens is 232 g/mol. The van der Waals surface area contributed by atoms with Gasteiger partial charge in [0.25, 0.3) is 0 Å². The van der Waals surface area contributed by atoms with Crippen molar-refractivity contribution in [2.75, 3.05) is 6.54 Å². The van der Waals surface area contributed by atoms with Crippen LogP contribution in [-0.2, 0) is 6.54 Å². The molecule has 3 N–H and O–H groups in total. The first-order valence-electron chi connectivity index (χ1n) is 6.16. The van der Waals surface area contributed by atoms with E-state index in [0.717, 1.165) is 18.7 Å². The van der Waals surface area contributed by atoms with Crippen molar-refractivity contribution in [2.45, 2.75) is 46.1 Å². The second kappa shape index (κ2) is 8.06. The van der Waals surface area contributed by atoms with Crippen LogP contribution >= 0.6 is 11.3 Å². The molecule has 17 heavy (non-hydrogen) atoms. The summed E-state index contributed by atoms with van der Waals surface area (Å²) < 4.78 is 0. The van der Waals surface area contributed by atoms with E-state index in [0.29, 0.717) is 12.5 Å². The summed E-state index contributed by atoms with van der Waals surface area (Å²) in [5.74, 6) is 0.536. The van der Waals surface area contributed by atoms with Gasteiger partial charge in [0.1, 0.15) is 0 Å². The Labute approximate surface area is 107 Å². The van der Waals surface area contributed by atoms with E-state index in [1.165, 1.54) is 24.1 Å². The zero-order valence-corrected chi connectivity index (χ0v) is 11.5. The van der Waals surface area contributed by atoms with Gasteiger partial charge in [-0.1, -0.05) is 26.2 Å². The van der Waals surface area contributed by atoms with E-state index < -0.39 is 0 Å². The molecule has 96 valence electrons. The number of hydrogen-bond acceptors (Lipinski definition) is 3. The highest BCUT2D eigenvalue weighted by molar-refractivity contribution is 7.09. The summed E-state index contributed by atoms with van der Waals surface area (Å²) in [6.45, 7) is 5.75. The molecule has 0 unspecified atom stereocenters. The van der Waals surface area contributed by atoms with E-state index in [2.05, 4.69) is 22.2 Å². The third-order valence-electron chi connectivity index (χ3n) is 2.57. The fourth-order valence-corrected chi connectivity index (χ4v) is 2.16. The molecule has 0 fully saturated rings. The number of aromatic nitrogens is 1. The molecule has 0 bridgehead atoms. The van der Waals surface area contributed by atoms with Crippen LogP contribution in [0.2, 0.25) is 0 Å². The number of nitrogens with two attached hydrogens (primary N) is 1. The van der Waals surface area contributed by atoms with E-state index in [1.807, 2.05) is 12.4 Å². The van der Waals surface area contributed by atoms with Gasteiger partial charge in [-0.05, 0) is 13.3 Å². The van der Waals surface area contributed by atoms with Gasteiger partial charge in [-0.25, -0.2) is 9.98 Å². The first kappa shape index (κ1) is 14.0. The second-order valence-corrected chi connectivity index (χ2v) is 4.99. The summed E-state index contributed by atoms with van der Waals surface area (Å²) in [4.78, 5) is 9.66. The zero-order chi connectivity index (χ0) is 12.5. The summed E-state index contributed by atoms with van der Waals surface area (Å²) in [5, 5.41) is 3.14. The lowest BCUT2D eigenvalue weighted by Crippen LogP contribution is -2.32. The molecule has 4 nitrogen and oxygen atoms in total. The summed E-state index contributed by atoms with van der Waals surface area (Å²) >= 11 is 1.62. The van der Waals surface area contributed by atoms with Crippen molar-refractivity contribution in [1.82, 2.24) is 10.3 Å². The Morgan fingerprint density at radius 3 is 2.94 bits per heavy atom. The fraction of sp³-hybridized carbons (Fsp3) is 0.667. The molecule has 0 aliphatic rings. The predicted octanol–water partition coefficient (Wildman–Crippen LogP) is 2.44. The Kier molecular flexibility index (Phi) is 6.62. The van der Waals surface area contributed by atoms with Gasteiger partial charge in [-0.15, -0.1) is 11.3 Å². The van der Waals surface area contributed by atoms with E-state index in [1.54, 1.807) is 11.3 Å². The molecular formula is C12H22N4S. The third-order valence-corrected chi connectivity index (χ3v) is 3.49. The molecule has 0 atom stereocenters. The average molecular weight is 254 g/mol. The Morgan fingerprint density at radius 2 is 2.29 bits per heavy atom. The zero-order valence-electron chi connectivity index (χ0n) is 10.7. The molecule has 0 saturated carbocycles. The molecule has 1 rings (SSSR count). The molecule has 0 spiro atoms. The van der Waals surface area contributed by atoms with Gasteiger partial charge in [0.05, 0.1) is 17.7 Å². The Hall–Kier alpha value is -1.10. The molecule has 5 heteroatoms. The van der Waals surface area contributed by atoms with Gasteiger partial charge < -0.3 is 11.1 Å². The molecule has 0 aliphatic heterocycles. The maximum atomic E-state index is 5.78. The molecule has 0 saturated heterocycles. The Morgan fingerprint density at radius 1 is 1.47 bits per heavy atom. The van der Waals surface area contributed by atoms with E-state index in [9.17, 15) is 0 Å². The van der Waals surface area contributed by atoms with Crippen molar-refractivity contribution in [1.29, 1.82) is 0 Å². The number of hydrogen-bond donors (Lipinski definition) is 2. The van der Waals surface area contributed by atoms with Gasteiger partial charge in [-0.2, -0.15) is 0 Å². The van der Waals surface area contributed by atoms with Crippen molar-refractivity contribution < 1.29 is 0 Å². The SMILES string of the molecule is CCCCCCNC(N)=NCc1scnc1C. The number of rotatable bonds is 7. The van der Waals surface area contributed by atoms with Crippen LogP contribution in [0.25, 0.3) is 0 Å². The number of aliphatic imine (C=N–C) groups is 1. The van der Waals surface area contributed by atoms with Crippen LogP contribution in [0.1, 0.15) is 43.2 Å². The minimum Gasteiger partial charge on any atom is -0.370 e. The maximum Gasteiger partial charge on any atom is 0.188 e. The fourth-order valence-electron chi connectivity index (χ4n) is 1.46. The van der Waals surface area contributed by atoms with Gasteiger partial charge in [-0.3, -0.25) is 0 Å². The van der Waals surface area contributed by atoms with E-state index in [-0.39, 0.29) is 0 Å². The summed E-state index contributed by atoms with van der Waals surface area (Å²) in [5.41, 5.74) is 8.67. The van der Waals surface area contributed by atoms with E-state index in [4.69, 9.17) is 5.73 Å². The molecule has 1 heterocycles. The average Bonchev–Trinajstić information content (AvgIpc) is 2.72. The molecule has 0 aromatic carbocycles. The number of guanidine groups is 1. The normalized spacial score (nSPS) is 11.8. The predicted molar refractivity (Wildman–Crippen MR) is 74.3 cm³/mol. The number of unbranched alkanes of at least 4 members (excludes halogenated alkanes) is 3. The lowest BCUT2D eigenvalue weighted by atomic mass is 10.2. The second-order valence-electron chi connectivity index (χ2n) is 4.05. The Bertz CT molecular complexity index is 346. The third kappa shape index (κ3) is 5.68. The van der Waals surface area contributed by atoms with Crippen molar-refractivity contribution in [3.8, 4) is 0 Å². The summed E-state index contributed by atoms with van der Waals surface area (Å²) in [6.07, 6.45) is 4.96. The van der Waals surface area contributed by atoms with Crippen LogP contribution in [0.3, 0.4) is 0 Å². The Balaban J connectivity index is 2.19. The highest BCUT2D eigenvalue weighted by atomic mass is 32.1. The molecule has 0 aliphatic carbocycles. The molecule has 1 aromatic heterocycles. The quantitative estimate of drug-likeness (QED) is 0.446. The number of aryl methyl sites for hydroxylation is 1. The van der Waals surface area contributed by atoms with Gasteiger partial charge in [0.15, 0.2) is 5.96 Å². The number of nitrogens with zero attached hydrogens (tertiary/aromatic N) is 2. The largest absolute Gasteiger partial charge is 0.370 e.